The van der Waals surface area contributed by atoms with Gasteiger partial charge in [-0.1, -0.05) is 30.3 Å². The molecule has 0 radical (unpaired) electrons. The third-order valence-electron chi connectivity index (χ3n) is 3.94. The van der Waals surface area contributed by atoms with Crippen LogP contribution in [0.2, 0.25) is 0 Å². The van der Waals surface area contributed by atoms with E-state index in [1.807, 2.05) is 25.1 Å². The van der Waals surface area contributed by atoms with Crippen molar-refractivity contribution in [2.45, 2.75) is 6.92 Å². The molecule has 4 rings (SSSR count). The molecule has 0 atom stereocenters. The summed E-state index contributed by atoms with van der Waals surface area (Å²) in [5.74, 6) is 0.743. The lowest BCUT2D eigenvalue weighted by atomic mass is 10.2. The van der Waals surface area contributed by atoms with Crippen molar-refractivity contribution in [3.8, 4) is 21.8 Å². The average molecular weight is 378 g/mol. The Hall–Kier alpha value is -3.32. The molecule has 0 aliphatic rings. The third kappa shape index (κ3) is 3.63. The van der Waals surface area contributed by atoms with E-state index in [9.17, 15) is 9.18 Å². The van der Waals surface area contributed by atoms with E-state index in [0.717, 1.165) is 11.4 Å². The number of aromatic amines is 1. The van der Waals surface area contributed by atoms with Crippen LogP contribution in [0, 0.1) is 12.7 Å². The number of aromatic nitrogens is 3. The molecule has 1 amide bonds. The van der Waals surface area contributed by atoms with E-state index in [4.69, 9.17) is 0 Å². The molecule has 0 aliphatic carbocycles. The number of rotatable bonds is 4. The van der Waals surface area contributed by atoms with Gasteiger partial charge in [-0.15, -0.1) is 11.3 Å². The van der Waals surface area contributed by atoms with E-state index in [0.29, 0.717) is 26.8 Å². The minimum atomic E-state index is -0.305. The van der Waals surface area contributed by atoms with Crippen molar-refractivity contribution in [1.82, 2.24) is 15.2 Å². The van der Waals surface area contributed by atoms with E-state index in [1.54, 1.807) is 36.4 Å². The summed E-state index contributed by atoms with van der Waals surface area (Å²) in [4.78, 5) is 18.1. The molecule has 5 nitrogen and oxygen atoms in total. The van der Waals surface area contributed by atoms with Crippen molar-refractivity contribution >= 4 is 22.9 Å². The molecule has 0 saturated heterocycles. The molecule has 0 unspecified atom stereocenters. The minimum absolute atomic E-state index is 0.245. The first kappa shape index (κ1) is 17.1. The van der Waals surface area contributed by atoms with Crippen molar-refractivity contribution in [3.63, 3.8) is 0 Å². The molecule has 0 saturated carbocycles. The number of nitrogens with one attached hydrogen (secondary N) is 2. The Labute approximate surface area is 158 Å². The lowest BCUT2D eigenvalue weighted by Crippen LogP contribution is -2.09. The molecule has 2 heterocycles. The number of thiophene rings is 1. The standard InChI is InChI=1S/C20H15FN4OS/c1-12-22-19(25-24-12)13-5-4-6-14(11-13)23-20(26)18-10-9-17(27-18)15-7-2-3-8-16(15)21/h2-11H,1H3,(H,23,26)(H,22,24,25). The van der Waals surface area contributed by atoms with E-state index in [1.165, 1.54) is 17.4 Å². The monoisotopic (exact) mass is 378 g/mol. The number of carbonyl (C=O) groups is 1. The van der Waals surface area contributed by atoms with Gasteiger partial charge in [0.15, 0.2) is 5.82 Å². The van der Waals surface area contributed by atoms with Gasteiger partial charge in [0.25, 0.3) is 5.91 Å². The number of hydrogen-bond donors (Lipinski definition) is 2. The van der Waals surface area contributed by atoms with Crippen molar-refractivity contribution < 1.29 is 9.18 Å². The molecule has 0 fully saturated rings. The quantitative estimate of drug-likeness (QED) is 0.531. The number of carbonyl (C=O) groups excluding carboxylic acids is 1. The number of aryl methyl sites for hydroxylation is 1. The smallest absolute Gasteiger partial charge is 0.265 e. The second-order valence-electron chi connectivity index (χ2n) is 5.92. The summed E-state index contributed by atoms with van der Waals surface area (Å²) < 4.78 is 13.9. The molecule has 134 valence electrons. The molecule has 0 bridgehead atoms. The van der Waals surface area contributed by atoms with Gasteiger partial charge in [0, 0.05) is 21.7 Å². The predicted molar refractivity (Wildman–Crippen MR) is 104 cm³/mol. The zero-order chi connectivity index (χ0) is 18.8. The maximum atomic E-state index is 13.9. The highest BCUT2D eigenvalue weighted by atomic mass is 32.1. The second-order valence-corrected chi connectivity index (χ2v) is 7.01. The summed E-state index contributed by atoms with van der Waals surface area (Å²) in [5, 5.41) is 9.79. The van der Waals surface area contributed by atoms with Crippen molar-refractivity contribution in [1.29, 1.82) is 0 Å². The number of halogens is 1. The van der Waals surface area contributed by atoms with Crippen molar-refractivity contribution in [3.05, 3.63) is 77.2 Å². The zero-order valence-electron chi connectivity index (χ0n) is 14.4. The van der Waals surface area contributed by atoms with Crippen molar-refractivity contribution in [2.75, 3.05) is 5.32 Å². The van der Waals surface area contributed by atoms with E-state index < -0.39 is 0 Å². The Bertz CT molecular complexity index is 1120. The molecule has 2 N–H and O–H groups in total. The molecule has 0 spiro atoms. The van der Waals surface area contributed by atoms with Gasteiger partial charge in [0.05, 0.1) is 4.88 Å². The van der Waals surface area contributed by atoms with Gasteiger partial charge in [0.1, 0.15) is 11.6 Å². The lowest BCUT2D eigenvalue weighted by Gasteiger charge is -2.05. The fraction of sp³-hybridized carbons (Fsp3) is 0.0500. The first-order valence-corrected chi connectivity index (χ1v) is 9.07. The lowest BCUT2D eigenvalue weighted by molar-refractivity contribution is 0.103. The van der Waals surface area contributed by atoms with Crippen LogP contribution in [0.5, 0.6) is 0 Å². The van der Waals surface area contributed by atoms with Crippen molar-refractivity contribution in [2.24, 2.45) is 0 Å². The highest BCUT2D eigenvalue weighted by Gasteiger charge is 2.13. The van der Waals surface area contributed by atoms with E-state index in [2.05, 4.69) is 20.5 Å². The zero-order valence-corrected chi connectivity index (χ0v) is 15.2. The number of nitrogens with zero attached hydrogens (tertiary/aromatic N) is 2. The van der Waals surface area contributed by atoms with Gasteiger partial charge in [0.2, 0.25) is 0 Å². The Kier molecular flexibility index (Phi) is 4.52. The van der Waals surface area contributed by atoms with Gasteiger partial charge in [-0.25, -0.2) is 9.37 Å². The molecule has 27 heavy (non-hydrogen) atoms. The molecule has 2 aromatic carbocycles. The maximum absolute atomic E-state index is 13.9. The van der Waals surface area contributed by atoms with Gasteiger partial charge >= 0.3 is 0 Å². The van der Waals surface area contributed by atoms with Crippen LogP contribution in [-0.2, 0) is 0 Å². The second kappa shape index (κ2) is 7.13. The molecule has 2 aromatic heterocycles. The molecular weight excluding hydrogens is 363 g/mol. The largest absolute Gasteiger partial charge is 0.321 e. The average Bonchev–Trinajstić information content (AvgIpc) is 3.32. The first-order chi connectivity index (χ1) is 13.1. The summed E-state index contributed by atoms with van der Waals surface area (Å²) in [6.45, 7) is 1.83. The molecule has 4 aromatic rings. The van der Waals surface area contributed by atoms with Crippen LogP contribution in [-0.4, -0.2) is 21.1 Å². The molecule has 7 heteroatoms. The van der Waals surface area contributed by atoms with Crippen LogP contribution in [0.15, 0.2) is 60.7 Å². The van der Waals surface area contributed by atoms with E-state index in [-0.39, 0.29) is 11.7 Å². The Balaban J connectivity index is 1.54. The van der Waals surface area contributed by atoms with Crippen LogP contribution in [0.3, 0.4) is 0 Å². The summed E-state index contributed by atoms with van der Waals surface area (Å²) >= 11 is 1.25. The van der Waals surface area contributed by atoms with Gasteiger partial charge in [-0.3, -0.25) is 9.89 Å². The predicted octanol–water partition coefficient (Wildman–Crippen LogP) is 4.90. The normalized spacial score (nSPS) is 10.7. The first-order valence-electron chi connectivity index (χ1n) is 8.26. The van der Waals surface area contributed by atoms with E-state index >= 15 is 0 Å². The van der Waals surface area contributed by atoms with Crippen LogP contribution in [0.4, 0.5) is 10.1 Å². The van der Waals surface area contributed by atoms with Gasteiger partial charge in [-0.05, 0) is 37.3 Å². The number of benzene rings is 2. The molecular formula is C20H15FN4OS. The SMILES string of the molecule is Cc1nc(-c2cccc(NC(=O)c3ccc(-c4ccccc4F)s3)c2)n[nH]1. The van der Waals surface area contributed by atoms with Crippen LogP contribution >= 0.6 is 11.3 Å². The Morgan fingerprint density at radius 2 is 1.96 bits per heavy atom. The number of hydrogen-bond acceptors (Lipinski definition) is 4. The number of H-pyrrole nitrogens is 1. The Morgan fingerprint density at radius 3 is 2.74 bits per heavy atom. The van der Waals surface area contributed by atoms with Crippen LogP contribution in [0.25, 0.3) is 21.8 Å². The number of amides is 1. The highest BCUT2D eigenvalue weighted by molar-refractivity contribution is 7.17. The highest BCUT2D eigenvalue weighted by Crippen LogP contribution is 2.30. The maximum Gasteiger partial charge on any atom is 0.265 e. The summed E-state index contributed by atoms with van der Waals surface area (Å²) in [6.07, 6.45) is 0. The van der Waals surface area contributed by atoms with Gasteiger partial charge < -0.3 is 5.32 Å². The fourth-order valence-electron chi connectivity index (χ4n) is 2.67. The van der Waals surface area contributed by atoms with Gasteiger partial charge in [-0.2, -0.15) is 5.10 Å². The Morgan fingerprint density at radius 1 is 1.11 bits per heavy atom. The summed E-state index contributed by atoms with van der Waals surface area (Å²) in [7, 11) is 0. The van der Waals surface area contributed by atoms with Crippen LogP contribution in [0.1, 0.15) is 15.5 Å². The third-order valence-corrected chi connectivity index (χ3v) is 5.06. The van der Waals surface area contributed by atoms with Crippen LogP contribution < -0.4 is 5.32 Å². The molecule has 0 aliphatic heterocycles. The topological polar surface area (TPSA) is 70.7 Å². The fourth-order valence-corrected chi connectivity index (χ4v) is 3.59. The minimum Gasteiger partial charge on any atom is -0.321 e. The summed E-state index contributed by atoms with van der Waals surface area (Å²) in [5.41, 5.74) is 1.93. The summed E-state index contributed by atoms with van der Waals surface area (Å²) in [6, 6.07) is 17.3. The number of anilines is 1.